The normalized spacial score (nSPS) is 21.0. The Morgan fingerprint density at radius 1 is 1.03 bits per heavy atom. The van der Waals surface area contributed by atoms with Gasteiger partial charge in [-0.3, -0.25) is 4.79 Å². The maximum Gasteiger partial charge on any atom is 0.407 e. The summed E-state index contributed by atoms with van der Waals surface area (Å²) >= 11 is 0. The molecule has 9 heteroatoms. The first-order valence-corrected chi connectivity index (χ1v) is 10.5. The second kappa shape index (κ2) is 11.5. The minimum Gasteiger partial charge on any atom is -0.445 e. The van der Waals surface area contributed by atoms with E-state index in [-0.39, 0.29) is 31.6 Å². The molecule has 1 aliphatic carbocycles. The summed E-state index contributed by atoms with van der Waals surface area (Å²) in [5, 5.41) is 17.2. The third kappa shape index (κ3) is 8.84. The van der Waals surface area contributed by atoms with Crippen LogP contribution in [0, 0.1) is 5.92 Å². The van der Waals surface area contributed by atoms with E-state index in [1.54, 1.807) is 20.8 Å². The molecule has 1 aromatic rings. The minimum absolute atomic E-state index is 0.135. The molecular formula is C22H33N3O6. The Labute approximate surface area is 182 Å². The molecule has 172 valence electrons. The van der Waals surface area contributed by atoms with Crippen LogP contribution in [0.5, 0.6) is 0 Å². The number of carbonyl (C=O) groups excluding carboxylic acids is 3. The zero-order valence-corrected chi connectivity index (χ0v) is 18.3. The summed E-state index contributed by atoms with van der Waals surface area (Å²) in [6.07, 6.45) is 0.150. The van der Waals surface area contributed by atoms with Crippen molar-refractivity contribution in [1.29, 1.82) is 0 Å². The molecule has 1 aromatic carbocycles. The van der Waals surface area contributed by atoms with Crippen LogP contribution >= 0.6 is 0 Å². The maximum absolute atomic E-state index is 12.3. The van der Waals surface area contributed by atoms with Gasteiger partial charge in [-0.25, -0.2) is 9.59 Å². The number of hydrogen-bond donors (Lipinski definition) is 4. The number of carbonyl (C=O) groups is 3. The molecule has 0 radical (unpaired) electrons. The summed E-state index contributed by atoms with van der Waals surface area (Å²) < 4.78 is 10.6. The maximum atomic E-state index is 12.3. The smallest absolute Gasteiger partial charge is 0.407 e. The average Bonchev–Trinajstić information content (AvgIpc) is 2.71. The number of nitrogens with one attached hydrogen (secondary N) is 3. The number of aliphatic hydroxyl groups is 1. The fourth-order valence-corrected chi connectivity index (χ4v) is 3.44. The molecule has 0 spiro atoms. The Hall–Kier alpha value is -2.81. The van der Waals surface area contributed by atoms with E-state index in [4.69, 9.17) is 14.6 Å². The zero-order chi connectivity index (χ0) is 22.9. The summed E-state index contributed by atoms with van der Waals surface area (Å²) in [6.45, 7) is 5.44. The number of ether oxygens (including phenoxy) is 2. The van der Waals surface area contributed by atoms with E-state index in [1.165, 1.54) is 0 Å². The topological polar surface area (TPSA) is 126 Å². The highest BCUT2D eigenvalue weighted by molar-refractivity contribution is 5.79. The number of hydrogen-bond acceptors (Lipinski definition) is 6. The molecule has 0 bridgehead atoms. The lowest BCUT2D eigenvalue weighted by atomic mass is 9.81. The molecule has 0 heterocycles. The summed E-state index contributed by atoms with van der Waals surface area (Å²) in [5.41, 5.74) is 0.194. The largest absolute Gasteiger partial charge is 0.445 e. The Balaban J connectivity index is 1.98. The van der Waals surface area contributed by atoms with Crippen molar-refractivity contribution in [2.24, 2.45) is 5.92 Å². The van der Waals surface area contributed by atoms with Crippen LogP contribution in [-0.4, -0.2) is 54.0 Å². The van der Waals surface area contributed by atoms with E-state index in [0.717, 1.165) is 5.56 Å². The lowest BCUT2D eigenvalue weighted by molar-refractivity contribution is -0.126. The minimum atomic E-state index is -0.672. The van der Waals surface area contributed by atoms with Gasteiger partial charge in [-0.2, -0.15) is 0 Å². The van der Waals surface area contributed by atoms with Crippen LogP contribution in [0.25, 0.3) is 0 Å². The highest BCUT2D eigenvalue weighted by atomic mass is 16.6. The highest BCUT2D eigenvalue weighted by Gasteiger charge is 2.36. The van der Waals surface area contributed by atoms with Gasteiger partial charge in [0, 0.05) is 12.5 Å². The van der Waals surface area contributed by atoms with Crippen LogP contribution in [0.1, 0.15) is 45.6 Å². The Morgan fingerprint density at radius 2 is 1.71 bits per heavy atom. The van der Waals surface area contributed by atoms with Crippen LogP contribution in [0.3, 0.4) is 0 Å². The van der Waals surface area contributed by atoms with E-state index in [9.17, 15) is 14.4 Å². The molecule has 0 saturated heterocycles. The molecule has 0 aliphatic heterocycles. The fraction of sp³-hybridized carbons (Fsp3) is 0.591. The van der Waals surface area contributed by atoms with Gasteiger partial charge in [0.2, 0.25) is 5.91 Å². The molecule has 31 heavy (non-hydrogen) atoms. The van der Waals surface area contributed by atoms with Crippen LogP contribution in [0.2, 0.25) is 0 Å². The Bertz CT molecular complexity index is 735. The monoisotopic (exact) mass is 435 g/mol. The van der Waals surface area contributed by atoms with E-state index in [0.29, 0.717) is 19.3 Å². The molecule has 1 saturated carbocycles. The van der Waals surface area contributed by atoms with Gasteiger partial charge in [-0.15, -0.1) is 0 Å². The number of aliphatic hydroxyl groups excluding tert-OH is 1. The van der Waals surface area contributed by atoms with Crippen molar-refractivity contribution >= 4 is 18.1 Å². The third-order valence-electron chi connectivity index (χ3n) is 4.85. The van der Waals surface area contributed by atoms with Gasteiger partial charge in [0.05, 0.1) is 18.7 Å². The summed E-state index contributed by atoms with van der Waals surface area (Å²) in [5.74, 6) is -0.528. The first-order chi connectivity index (χ1) is 14.7. The quantitative estimate of drug-likeness (QED) is 0.520. The van der Waals surface area contributed by atoms with Gasteiger partial charge in [0.15, 0.2) is 0 Å². The predicted molar refractivity (Wildman–Crippen MR) is 114 cm³/mol. The van der Waals surface area contributed by atoms with Gasteiger partial charge in [-0.05, 0) is 45.6 Å². The van der Waals surface area contributed by atoms with Gasteiger partial charge in [-0.1, -0.05) is 30.3 Å². The number of amides is 3. The Morgan fingerprint density at radius 3 is 2.35 bits per heavy atom. The van der Waals surface area contributed by atoms with E-state index >= 15 is 0 Å². The van der Waals surface area contributed by atoms with Crippen LogP contribution in [-0.2, 0) is 20.9 Å². The molecule has 3 atom stereocenters. The standard InChI is InChI=1S/C22H33N3O6/c1-22(2,3)31-21(29)25-18-13-16(19(27)23-11-12-26)9-10-17(18)24-20(28)30-14-15-7-5-4-6-8-15/h4-8,16-18,26H,9-14H2,1-3H3,(H,23,27)(H,24,28)(H,25,29). The van der Waals surface area contributed by atoms with Crippen molar-refractivity contribution in [2.45, 2.75) is 64.3 Å². The molecule has 0 aromatic heterocycles. The van der Waals surface area contributed by atoms with E-state index < -0.39 is 29.9 Å². The summed E-state index contributed by atoms with van der Waals surface area (Å²) in [6, 6.07) is 8.41. The lowest BCUT2D eigenvalue weighted by Gasteiger charge is -2.36. The summed E-state index contributed by atoms with van der Waals surface area (Å²) in [7, 11) is 0. The lowest BCUT2D eigenvalue weighted by Crippen LogP contribution is -2.56. The van der Waals surface area contributed by atoms with Gasteiger partial charge < -0.3 is 30.5 Å². The van der Waals surface area contributed by atoms with Gasteiger partial charge in [0.25, 0.3) is 0 Å². The first kappa shape index (κ1) is 24.5. The van der Waals surface area contributed by atoms with Crippen molar-refractivity contribution in [3.63, 3.8) is 0 Å². The molecule has 1 fully saturated rings. The van der Waals surface area contributed by atoms with Crippen molar-refractivity contribution in [2.75, 3.05) is 13.2 Å². The number of alkyl carbamates (subject to hydrolysis) is 2. The molecular weight excluding hydrogens is 402 g/mol. The van der Waals surface area contributed by atoms with Crippen molar-refractivity contribution < 1.29 is 29.0 Å². The van der Waals surface area contributed by atoms with E-state index in [2.05, 4.69) is 16.0 Å². The third-order valence-corrected chi connectivity index (χ3v) is 4.85. The highest BCUT2D eigenvalue weighted by Crippen LogP contribution is 2.26. The summed E-state index contributed by atoms with van der Waals surface area (Å²) in [4.78, 5) is 37.0. The molecule has 3 unspecified atom stereocenters. The fourth-order valence-electron chi connectivity index (χ4n) is 3.44. The van der Waals surface area contributed by atoms with Gasteiger partial charge >= 0.3 is 12.2 Å². The molecule has 1 aliphatic rings. The van der Waals surface area contributed by atoms with Crippen molar-refractivity contribution in [3.05, 3.63) is 35.9 Å². The molecule has 3 amide bonds. The van der Waals surface area contributed by atoms with Crippen molar-refractivity contribution in [1.82, 2.24) is 16.0 Å². The molecule has 9 nitrogen and oxygen atoms in total. The Kier molecular flexibility index (Phi) is 9.11. The number of rotatable bonds is 7. The van der Waals surface area contributed by atoms with Crippen LogP contribution in [0.4, 0.5) is 9.59 Å². The van der Waals surface area contributed by atoms with E-state index in [1.807, 2.05) is 30.3 Å². The second-order valence-corrected chi connectivity index (χ2v) is 8.59. The SMILES string of the molecule is CC(C)(C)OC(=O)NC1CC(C(=O)NCCO)CCC1NC(=O)OCc1ccccc1. The molecule has 2 rings (SSSR count). The average molecular weight is 436 g/mol. The molecule has 4 N–H and O–H groups in total. The van der Waals surface area contributed by atoms with Gasteiger partial charge in [0.1, 0.15) is 12.2 Å². The van der Waals surface area contributed by atoms with Crippen LogP contribution in [0.15, 0.2) is 30.3 Å². The second-order valence-electron chi connectivity index (χ2n) is 8.59. The zero-order valence-electron chi connectivity index (χ0n) is 18.3. The predicted octanol–water partition coefficient (Wildman–Crippen LogP) is 2.08. The first-order valence-electron chi connectivity index (χ1n) is 10.5. The van der Waals surface area contributed by atoms with Crippen LogP contribution < -0.4 is 16.0 Å². The van der Waals surface area contributed by atoms with Crippen molar-refractivity contribution in [3.8, 4) is 0 Å². The number of benzene rings is 1.